The zero-order valence-electron chi connectivity index (χ0n) is 12.0. The monoisotopic (exact) mass is 349 g/mol. The Morgan fingerprint density at radius 3 is 1.76 bits per heavy atom. The van der Waals surface area contributed by atoms with Crippen LogP contribution in [0.2, 0.25) is 0 Å². The molecule has 2 fully saturated rings. The van der Waals surface area contributed by atoms with Gasteiger partial charge in [0.25, 0.3) is 0 Å². The number of hydrogen-bond acceptors (Lipinski definition) is 0. The van der Waals surface area contributed by atoms with E-state index in [2.05, 4.69) is 20.8 Å². The van der Waals surface area contributed by atoms with Crippen molar-refractivity contribution in [3.8, 4) is 0 Å². The molecule has 0 spiro atoms. The van der Waals surface area contributed by atoms with E-state index in [0.717, 1.165) is 5.92 Å². The van der Waals surface area contributed by atoms with Gasteiger partial charge in [0.1, 0.15) is 0 Å². The summed E-state index contributed by atoms with van der Waals surface area (Å²) in [5.74, 6) is 1.01. The van der Waals surface area contributed by atoms with Crippen LogP contribution in [0.15, 0.2) is 0 Å². The van der Waals surface area contributed by atoms with Gasteiger partial charge < -0.3 is 0 Å². The molecule has 0 bridgehead atoms. The topological polar surface area (TPSA) is 0 Å². The summed E-state index contributed by atoms with van der Waals surface area (Å²) in [6.07, 6.45) is 14.0. The van der Waals surface area contributed by atoms with E-state index in [9.17, 15) is 0 Å². The van der Waals surface area contributed by atoms with E-state index < -0.39 is 0 Å². The molecule has 2 aliphatic rings. The minimum absolute atomic E-state index is 0.526. The summed E-state index contributed by atoms with van der Waals surface area (Å²) in [7, 11) is 0. The Morgan fingerprint density at radius 1 is 0.706 bits per heavy atom. The van der Waals surface area contributed by atoms with Gasteiger partial charge in [0.15, 0.2) is 0 Å². The molecule has 102 valence electrons. The molecule has 0 unspecified atom stereocenters. The van der Waals surface area contributed by atoms with Crippen LogP contribution < -0.4 is 21.2 Å². The SMILES string of the molecule is CC(C)(C)C1CCC([I-]C2CCCCC2)CC1. The number of rotatable bonds is 2. The van der Waals surface area contributed by atoms with Crippen molar-refractivity contribution < 1.29 is 21.2 Å². The fourth-order valence-electron chi connectivity index (χ4n) is 3.48. The Labute approximate surface area is 119 Å². The molecule has 0 nitrogen and oxygen atoms in total. The van der Waals surface area contributed by atoms with Gasteiger partial charge >= 0.3 is 119 Å². The van der Waals surface area contributed by atoms with Crippen molar-refractivity contribution in [1.82, 2.24) is 0 Å². The molecular formula is C16H30I-. The molecule has 0 radical (unpaired) electrons. The van der Waals surface area contributed by atoms with Crippen LogP contribution in [-0.2, 0) is 0 Å². The van der Waals surface area contributed by atoms with Gasteiger partial charge in [-0.3, -0.25) is 0 Å². The van der Waals surface area contributed by atoms with Crippen molar-refractivity contribution in [2.45, 2.75) is 86.4 Å². The molecule has 2 aliphatic carbocycles. The van der Waals surface area contributed by atoms with Gasteiger partial charge in [0.2, 0.25) is 0 Å². The first-order valence-corrected chi connectivity index (χ1v) is 10.2. The molecule has 17 heavy (non-hydrogen) atoms. The second-order valence-corrected chi connectivity index (χ2v) is 11.4. The van der Waals surface area contributed by atoms with Crippen molar-refractivity contribution in [1.29, 1.82) is 0 Å². The van der Waals surface area contributed by atoms with Crippen molar-refractivity contribution in [3.05, 3.63) is 0 Å². The van der Waals surface area contributed by atoms with Crippen LogP contribution in [0.25, 0.3) is 0 Å². The van der Waals surface area contributed by atoms with Crippen LogP contribution in [0.5, 0.6) is 0 Å². The fraction of sp³-hybridized carbons (Fsp3) is 1.00. The average Bonchev–Trinajstić information content (AvgIpc) is 2.30. The summed E-state index contributed by atoms with van der Waals surface area (Å²) < 4.78 is 2.40. The van der Waals surface area contributed by atoms with Gasteiger partial charge in [-0.1, -0.05) is 0 Å². The Kier molecular flexibility index (Phi) is 5.20. The van der Waals surface area contributed by atoms with Crippen LogP contribution >= 0.6 is 0 Å². The van der Waals surface area contributed by atoms with Gasteiger partial charge in [-0.15, -0.1) is 0 Å². The first-order valence-electron chi connectivity index (χ1n) is 7.67. The quantitative estimate of drug-likeness (QED) is 0.529. The second kappa shape index (κ2) is 6.25. The van der Waals surface area contributed by atoms with Crippen LogP contribution in [0, 0.1) is 11.3 Å². The van der Waals surface area contributed by atoms with Crippen LogP contribution in [0.3, 0.4) is 0 Å². The third-order valence-electron chi connectivity index (χ3n) is 4.77. The van der Waals surface area contributed by atoms with Gasteiger partial charge in [-0.05, 0) is 0 Å². The van der Waals surface area contributed by atoms with Gasteiger partial charge in [-0.25, -0.2) is 0 Å². The Morgan fingerprint density at radius 2 is 1.24 bits per heavy atom. The summed E-state index contributed by atoms with van der Waals surface area (Å²) in [6.45, 7) is 7.32. The molecule has 0 aromatic rings. The van der Waals surface area contributed by atoms with E-state index in [1.807, 2.05) is 0 Å². The minimum atomic E-state index is 0.526. The van der Waals surface area contributed by atoms with Crippen molar-refractivity contribution >= 4 is 0 Å². The molecule has 1 heteroatoms. The molecule has 0 atom stereocenters. The van der Waals surface area contributed by atoms with E-state index in [1.165, 1.54) is 27.1 Å². The molecule has 0 aromatic heterocycles. The predicted octanol–water partition coefficient (Wildman–Crippen LogP) is 2.01. The first kappa shape index (κ1) is 14.1. The standard InChI is InChI=1S/C16H30I/c1-16(2,3)13-9-11-15(12-10-13)17-14-7-5-4-6-8-14/h13-15H,4-12H2,1-3H3/q-1. The number of halogens is 1. The molecule has 0 saturated heterocycles. The van der Waals surface area contributed by atoms with Gasteiger partial charge in [-0.2, -0.15) is 0 Å². The summed E-state index contributed by atoms with van der Waals surface area (Å²) >= 11 is 0.526. The normalized spacial score (nSPS) is 32.9. The van der Waals surface area contributed by atoms with Gasteiger partial charge in [0.05, 0.1) is 0 Å². The number of hydrogen-bond donors (Lipinski definition) is 0. The molecule has 0 heterocycles. The molecular weight excluding hydrogens is 319 g/mol. The zero-order chi connectivity index (χ0) is 12.3. The fourth-order valence-corrected chi connectivity index (χ4v) is 7.95. The van der Waals surface area contributed by atoms with E-state index in [0.29, 0.717) is 26.6 Å². The van der Waals surface area contributed by atoms with E-state index >= 15 is 0 Å². The van der Waals surface area contributed by atoms with Gasteiger partial charge in [0, 0.05) is 0 Å². The third-order valence-corrected chi connectivity index (χ3v) is 9.30. The molecule has 2 rings (SSSR count). The summed E-state index contributed by atoms with van der Waals surface area (Å²) in [6, 6.07) is 0. The summed E-state index contributed by atoms with van der Waals surface area (Å²) in [4.78, 5) is 0. The van der Waals surface area contributed by atoms with Crippen molar-refractivity contribution in [2.24, 2.45) is 11.3 Å². The summed E-state index contributed by atoms with van der Waals surface area (Å²) in [5.41, 5.74) is 0.564. The Balaban J connectivity index is 1.71. The van der Waals surface area contributed by atoms with Crippen molar-refractivity contribution in [2.75, 3.05) is 0 Å². The summed E-state index contributed by atoms with van der Waals surface area (Å²) in [5, 5.41) is 0. The predicted molar refractivity (Wildman–Crippen MR) is 72.1 cm³/mol. The van der Waals surface area contributed by atoms with E-state index in [4.69, 9.17) is 0 Å². The Bertz CT molecular complexity index is 214. The Hall–Kier alpha value is 0.730. The molecule has 0 aliphatic heterocycles. The van der Waals surface area contributed by atoms with E-state index in [1.54, 1.807) is 38.5 Å². The average molecular weight is 349 g/mol. The van der Waals surface area contributed by atoms with E-state index in [-0.39, 0.29) is 0 Å². The maximum atomic E-state index is 2.44. The molecule has 0 N–H and O–H groups in total. The molecule has 2 saturated carbocycles. The molecule has 0 aromatic carbocycles. The molecule has 0 amide bonds. The van der Waals surface area contributed by atoms with Crippen molar-refractivity contribution in [3.63, 3.8) is 0 Å². The third kappa shape index (κ3) is 4.40. The van der Waals surface area contributed by atoms with Crippen LogP contribution in [0.1, 0.15) is 78.6 Å². The first-order chi connectivity index (χ1) is 8.05. The van der Waals surface area contributed by atoms with Crippen LogP contribution in [-0.4, -0.2) is 7.85 Å². The maximum absolute atomic E-state index is 2.44. The second-order valence-electron chi connectivity index (χ2n) is 7.18. The zero-order valence-corrected chi connectivity index (χ0v) is 14.1. The van der Waals surface area contributed by atoms with Crippen LogP contribution in [0.4, 0.5) is 0 Å². The number of alkyl halides is 2.